The van der Waals surface area contributed by atoms with Gasteiger partial charge < -0.3 is 24.6 Å². The Morgan fingerprint density at radius 3 is 2.32 bits per heavy atom. The van der Waals surface area contributed by atoms with Crippen LogP contribution in [-0.4, -0.2) is 45.0 Å². The van der Waals surface area contributed by atoms with Crippen LogP contribution in [0.3, 0.4) is 0 Å². The summed E-state index contributed by atoms with van der Waals surface area (Å²) in [6.07, 6.45) is 0. The number of carbonyl (C=O) groups excluding carboxylic acids is 1. The van der Waals surface area contributed by atoms with Gasteiger partial charge in [0.25, 0.3) is 5.91 Å². The highest BCUT2D eigenvalue weighted by Crippen LogP contribution is 2.39. The molecule has 0 aliphatic carbocycles. The fraction of sp³-hybridized carbons (Fsp3) is 0.462. The van der Waals surface area contributed by atoms with Crippen LogP contribution in [0.1, 0.15) is 17.3 Å². The maximum Gasteiger partial charge on any atom is 0.255 e. The molecule has 1 atom stereocenters. The minimum atomic E-state index is -0.348. The van der Waals surface area contributed by atoms with Gasteiger partial charge in [0, 0.05) is 6.04 Å². The Morgan fingerprint density at radius 1 is 1.21 bits per heavy atom. The lowest BCUT2D eigenvalue weighted by Gasteiger charge is -2.17. The summed E-state index contributed by atoms with van der Waals surface area (Å²) in [6.45, 7) is 1.56. The third-order valence-corrected chi connectivity index (χ3v) is 2.60. The molecule has 19 heavy (non-hydrogen) atoms. The zero-order chi connectivity index (χ0) is 14.4. The van der Waals surface area contributed by atoms with Gasteiger partial charge in [-0.3, -0.25) is 4.79 Å². The van der Waals surface area contributed by atoms with Gasteiger partial charge in [-0.2, -0.15) is 0 Å². The molecule has 0 aromatic heterocycles. The summed E-state index contributed by atoms with van der Waals surface area (Å²) < 4.78 is 15.6. The van der Waals surface area contributed by atoms with Crippen LogP contribution in [0.4, 0.5) is 0 Å². The van der Waals surface area contributed by atoms with E-state index in [0.29, 0.717) is 22.8 Å². The number of benzene rings is 1. The smallest absolute Gasteiger partial charge is 0.255 e. The molecule has 0 radical (unpaired) electrons. The molecule has 0 spiro atoms. The van der Waals surface area contributed by atoms with Gasteiger partial charge in [-0.15, -0.1) is 0 Å². The number of hydrogen-bond acceptors (Lipinski definition) is 5. The second kappa shape index (κ2) is 6.84. The lowest BCUT2D eigenvalue weighted by atomic mass is 10.1. The summed E-state index contributed by atoms with van der Waals surface area (Å²) >= 11 is 0. The van der Waals surface area contributed by atoms with Crippen LogP contribution in [0.5, 0.6) is 17.2 Å². The van der Waals surface area contributed by atoms with Crippen molar-refractivity contribution in [3.8, 4) is 17.2 Å². The minimum absolute atomic E-state index is 0.138. The molecule has 0 unspecified atom stereocenters. The Morgan fingerprint density at radius 2 is 1.84 bits per heavy atom. The molecule has 6 heteroatoms. The third kappa shape index (κ3) is 3.29. The first-order valence-corrected chi connectivity index (χ1v) is 5.79. The van der Waals surface area contributed by atoms with E-state index in [1.807, 2.05) is 0 Å². The van der Waals surface area contributed by atoms with Gasteiger partial charge in [-0.1, -0.05) is 0 Å². The second-order valence-corrected chi connectivity index (χ2v) is 3.94. The number of amides is 1. The number of carbonyl (C=O) groups is 1. The van der Waals surface area contributed by atoms with Gasteiger partial charge in [-0.05, 0) is 19.1 Å². The van der Waals surface area contributed by atoms with Crippen molar-refractivity contribution in [1.29, 1.82) is 0 Å². The fourth-order valence-electron chi connectivity index (χ4n) is 1.63. The molecule has 1 amide bonds. The predicted octanol–water partition coefficient (Wildman–Crippen LogP) is 0.823. The number of aliphatic hydroxyl groups is 1. The van der Waals surface area contributed by atoms with Crippen LogP contribution < -0.4 is 19.5 Å². The Kier molecular flexibility index (Phi) is 5.44. The van der Waals surface area contributed by atoms with E-state index >= 15 is 0 Å². The average molecular weight is 269 g/mol. The van der Waals surface area contributed by atoms with Crippen LogP contribution in [-0.2, 0) is 0 Å². The molecule has 2 N–H and O–H groups in total. The Hall–Kier alpha value is -1.95. The van der Waals surface area contributed by atoms with E-state index < -0.39 is 0 Å². The quantitative estimate of drug-likeness (QED) is 0.799. The Labute approximate surface area is 112 Å². The Bertz CT molecular complexity index is 447. The monoisotopic (exact) mass is 269 g/mol. The number of ether oxygens (including phenoxy) is 3. The molecule has 6 nitrogen and oxygen atoms in total. The predicted molar refractivity (Wildman–Crippen MR) is 70.1 cm³/mol. The van der Waals surface area contributed by atoms with Crippen molar-refractivity contribution >= 4 is 5.91 Å². The first-order chi connectivity index (χ1) is 9.08. The average Bonchev–Trinajstić information content (AvgIpc) is 2.44. The van der Waals surface area contributed by atoms with Crippen LogP contribution in [0, 0.1) is 0 Å². The zero-order valence-electron chi connectivity index (χ0n) is 11.5. The van der Waals surface area contributed by atoms with E-state index in [1.165, 1.54) is 21.3 Å². The van der Waals surface area contributed by atoms with Gasteiger partial charge in [0.1, 0.15) is 0 Å². The van der Waals surface area contributed by atoms with Crippen LogP contribution in [0.15, 0.2) is 12.1 Å². The summed E-state index contributed by atoms with van der Waals surface area (Å²) in [6, 6.07) is 2.87. The highest BCUT2D eigenvalue weighted by Gasteiger charge is 2.21. The minimum Gasteiger partial charge on any atom is -0.493 e. The van der Waals surface area contributed by atoms with Gasteiger partial charge in [-0.25, -0.2) is 0 Å². The molecule has 1 rings (SSSR count). The first kappa shape index (κ1) is 15.1. The molecule has 0 heterocycles. The van der Waals surface area contributed by atoms with Gasteiger partial charge in [0.05, 0.1) is 33.5 Å². The van der Waals surface area contributed by atoms with Crippen LogP contribution in [0.2, 0.25) is 0 Å². The number of rotatable bonds is 6. The Balaban J connectivity index is 3.17. The highest BCUT2D eigenvalue weighted by molar-refractivity contribution is 5.98. The van der Waals surface area contributed by atoms with E-state index in [2.05, 4.69) is 5.32 Å². The van der Waals surface area contributed by atoms with E-state index in [-0.39, 0.29) is 18.6 Å². The van der Waals surface area contributed by atoms with Crippen molar-refractivity contribution in [3.63, 3.8) is 0 Å². The van der Waals surface area contributed by atoms with E-state index in [0.717, 1.165) is 0 Å². The van der Waals surface area contributed by atoms with Crippen molar-refractivity contribution in [2.45, 2.75) is 13.0 Å². The SMILES string of the molecule is COc1ccc(C(=O)N[C@H](C)CO)c(OC)c1OC. The number of nitrogens with one attached hydrogen (secondary N) is 1. The van der Waals surface area contributed by atoms with Crippen molar-refractivity contribution in [2.24, 2.45) is 0 Å². The topological polar surface area (TPSA) is 77.0 Å². The van der Waals surface area contributed by atoms with E-state index in [4.69, 9.17) is 19.3 Å². The maximum absolute atomic E-state index is 12.1. The van der Waals surface area contributed by atoms with Gasteiger partial charge in [0.15, 0.2) is 11.5 Å². The third-order valence-electron chi connectivity index (χ3n) is 2.60. The molecular weight excluding hydrogens is 250 g/mol. The molecule has 0 bridgehead atoms. The zero-order valence-corrected chi connectivity index (χ0v) is 11.5. The lowest BCUT2D eigenvalue weighted by Crippen LogP contribution is -2.35. The normalized spacial score (nSPS) is 11.6. The number of methoxy groups -OCH3 is 3. The molecular formula is C13H19NO5. The summed E-state index contributed by atoms with van der Waals surface area (Å²) in [5.41, 5.74) is 0.320. The highest BCUT2D eigenvalue weighted by atomic mass is 16.5. The fourth-order valence-corrected chi connectivity index (χ4v) is 1.63. The van der Waals surface area contributed by atoms with Crippen molar-refractivity contribution in [2.75, 3.05) is 27.9 Å². The first-order valence-electron chi connectivity index (χ1n) is 5.79. The second-order valence-electron chi connectivity index (χ2n) is 3.94. The van der Waals surface area contributed by atoms with Gasteiger partial charge in [0.2, 0.25) is 5.75 Å². The number of hydrogen-bond donors (Lipinski definition) is 2. The van der Waals surface area contributed by atoms with Crippen LogP contribution in [0.25, 0.3) is 0 Å². The molecule has 1 aromatic carbocycles. The van der Waals surface area contributed by atoms with E-state index in [9.17, 15) is 4.79 Å². The summed E-state index contributed by atoms with van der Waals surface area (Å²) in [5.74, 6) is 0.782. The molecule has 0 saturated heterocycles. The largest absolute Gasteiger partial charge is 0.493 e. The summed E-state index contributed by atoms with van der Waals surface area (Å²) in [7, 11) is 4.42. The maximum atomic E-state index is 12.1. The molecule has 106 valence electrons. The van der Waals surface area contributed by atoms with Crippen LogP contribution >= 0.6 is 0 Å². The van der Waals surface area contributed by atoms with Crippen molar-refractivity contribution in [1.82, 2.24) is 5.32 Å². The standard InChI is InChI=1S/C13H19NO5/c1-8(7-15)14-13(16)9-5-6-10(17-2)12(19-4)11(9)18-3/h5-6,8,15H,7H2,1-4H3,(H,14,16)/t8-/m1/s1. The molecule has 0 saturated carbocycles. The van der Waals surface area contributed by atoms with Crippen molar-refractivity contribution in [3.05, 3.63) is 17.7 Å². The lowest BCUT2D eigenvalue weighted by molar-refractivity contribution is 0.0918. The molecule has 0 aliphatic heterocycles. The summed E-state index contributed by atoms with van der Waals surface area (Å²) in [4.78, 5) is 12.1. The summed E-state index contributed by atoms with van der Waals surface area (Å²) in [5, 5.41) is 11.6. The molecule has 0 fully saturated rings. The van der Waals surface area contributed by atoms with Gasteiger partial charge >= 0.3 is 0 Å². The van der Waals surface area contributed by atoms with Crippen molar-refractivity contribution < 1.29 is 24.1 Å². The number of aliphatic hydroxyl groups excluding tert-OH is 1. The molecule has 0 aliphatic rings. The van der Waals surface area contributed by atoms with E-state index in [1.54, 1.807) is 19.1 Å². The molecule has 1 aromatic rings.